The Morgan fingerprint density at radius 3 is 2.19 bits per heavy atom. The first kappa shape index (κ1) is 25.4. The Bertz CT molecular complexity index is 1330. The number of hydrogen-bond acceptors (Lipinski definition) is 5. The Hall–Kier alpha value is -2.29. The number of imidazole rings is 1. The van der Waals surface area contributed by atoms with E-state index in [1.54, 1.807) is 41.9 Å². The lowest BCUT2D eigenvalue weighted by molar-refractivity contribution is 0.0753. The summed E-state index contributed by atoms with van der Waals surface area (Å²) in [6.07, 6.45) is 5.76. The molecule has 0 unspecified atom stereocenters. The molecule has 0 amide bonds. The van der Waals surface area contributed by atoms with Crippen molar-refractivity contribution in [1.29, 1.82) is 0 Å². The zero-order chi connectivity index (χ0) is 25.6. The lowest BCUT2D eigenvalue weighted by Gasteiger charge is -2.42. The number of hydrogen-bond donors (Lipinski definition) is 0. The molecule has 0 atom stereocenters. The first-order valence-electron chi connectivity index (χ1n) is 13.1. The topological polar surface area (TPSA) is 58.4 Å². The van der Waals surface area contributed by atoms with Crippen LogP contribution in [0.1, 0.15) is 51.0 Å². The van der Waals surface area contributed by atoms with Crippen molar-refractivity contribution >= 4 is 20.9 Å². The highest BCUT2D eigenvalue weighted by Crippen LogP contribution is 2.34. The number of fused-ring (bicyclic) bond motifs is 1. The van der Waals surface area contributed by atoms with E-state index in [2.05, 4.69) is 23.6 Å². The maximum absolute atomic E-state index is 15.3. The van der Waals surface area contributed by atoms with E-state index >= 15 is 4.39 Å². The van der Waals surface area contributed by atoms with Crippen molar-refractivity contribution in [3.63, 3.8) is 0 Å². The second-order valence-corrected chi connectivity index (χ2v) is 12.8. The number of aryl methyl sites for hydroxylation is 1. The van der Waals surface area contributed by atoms with E-state index in [0.29, 0.717) is 34.9 Å². The van der Waals surface area contributed by atoms with Gasteiger partial charge in [-0.2, -0.15) is 0 Å². The number of piperidine rings is 2. The maximum Gasteiger partial charge on any atom is 0.175 e. The molecule has 5 rings (SSSR count). The largest absolute Gasteiger partial charge is 0.325 e. The van der Waals surface area contributed by atoms with Crippen LogP contribution in [0, 0.1) is 5.82 Å². The predicted octanol–water partition coefficient (Wildman–Crippen LogP) is 4.84. The molecule has 2 aliphatic rings. The van der Waals surface area contributed by atoms with Crippen molar-refractivity contribution < 1.29 is 12.8 Å². The summed E-state index contributed by atoms with van der Waals surface area (Å²) in [6.45, 7) is 9.06. The summed E-state index contributed by atoms with van der Waals surface area (Å²) >= 11 is 0. The van der Waals surface area contributed by atoms with Gasteiger partial charge in [0.15, 0.2) is 9.84 Å². The molecule has 2 aliphatic heterocycles. The number of likely N-dealkylation sites (tertiary alicyclic amines) is 2. The molecule has 6 nitrogen and oxygen atoms in total. The van der Waals surface area contributed by atoms with Crippen LogP contribution < -0.4 is 0 Å². The second kappa shape index (κ2) is 9.88. The van der Waals surface area contributed by atoms with Crippen LogP contribution in [0.15, 0.2) is 41.3 Å². The summed E-state index contributed by atoms with van der Waals surface area (Å²) in [4.78, 5) is 10.2. The lowest BCUT2D eigenvalue weighted by atomic mass is 9.87. The molecule has 3 aromatic rings. The van der Waals surface area contributed by atoms with Crippen LogP contribution >= 0.6 is 0 Å². The van der Waals surface area contributed by atoms with Crippen molar-refractivity contribution in [3.8, 4) is 11.4 Å². The number of rotatable bonds is 5. The normalized spacial score (nSPS) is 19.5. The van der Waals surface area contributed by atoms with Gasteiger partial charge in [0, 0.05) is 31.0 Å². The van der Waals surface area contributed by atoms with Crippen LogP contribution in [-0.2, 0) is 16.9 Å². The highest BCUT2D eigenvalue weighted by Gasteiger charge is 2.30. The van der Waals surface area contributed by atoms with Gasteiger partial charge >= 0.3 is 0 Å². The van der Waals surface area contributed by atoms with E-state index < -0.39 is 9.84 Å². The summed E-state index contributed by atoms with van der Waals surface area (Å²) in [5.41, 5.74) is 2.93. The number of sulfone groups is 1. The van der Waals surface area contributed by atoms with Gasteiger partial charge in [0.1, 0.15) is 17.2 Å². The van der Waals surface area contributed by atoms with Gasteiger partial charge in [0.25, 0.3) is 0 Å². The standard InChI is InChI=1S/C28H37FN4O2S/c1-19(2)32-15-11-23(12-16-32)33-13-9-20(10-14-33)22-17-25(29)27-26(18-22)30-28(31(27)3)21-5-7-24(8-6-21)36(4,34)35/h5-8,17-20,23H,9-16H2,1-4H3. The second-order valence-electron chi connectivity index (χ2n) is 10.8. The van der Waals surface area contributed by atoms with E-state index in [1.165, 1.54) is 32.2 Å². The van der Waals surface area contributed by atoms with Crippen LogP contribution in [-0.4, -0.2) is 72.3 Å². The van der Waals surface area contributed by atoms with Crippen molar-refractivity contribution in [2.75, 3.05) is 32.4 Å². The van der Waals surface area contributed by atoms with Crippen LogP contribution in [0.4, 0.5) is 4.39 Å². The molecule has 36 heavy (non-hydrogen) atoms. The van der Waals surface area contributed by atoms with Gasteiger partial charge in [-0.25, -0.2) is 17.8 Å². The van der Waals surface area contributed by atoms with E-state index in [-0.39, 0.29) is 10.7 Å². The molecule has 0 bridgehead atoms. The average Bonchev–Trinajstić information content (AvgIpc) is 3.20. The molecule has 2 fully saturated rings. The van der Waals surface area contributed by atoms with Crippen LogP contribution in [0.5, 0.6) is 0 Å². The number of nitrogens with zero attached hydrogens (tertiary/aromatic N) is 4. The number of benzene rings is 2. The van der Waals surface area contributed by atoms with Crippen molar-refractivity contribution in [3.05, 3.63) is 47.8 Å². The minimum absolute atomic E-state index is 0.250. The van der Waals surface area contributed by atoms with E-state index in [9.17, 15) is 8.42 Å². The Morgan fingerprint density at radius 1 is 0.972 bits per heavy atom. The fourth-order valence-electron chi connectivity index (χ4n) is 6.03. The Labute approximate surface area is 214 Å². The maximum atomic E-state index is 15.3. The average molecular weight is 513 g/mol. The molecular weight excluding hydrogens is 475 g/mol. The van der Waals surface area contributed by atoms with Gasteiger partial charge in [-0.05, 0) is 114 Å². The number of aromatic nitrogens is 2. The minimum Gasteiger partial charge on any atom is -0.325 e. The smallest absolute Gasteiger partial charge is 0.175 e. The molecule has 194 valence electrons. The zero-order valence-corrected chi connectivity index (χ0v) is 22.6. The van der Waals surface area contributed by atoms with E-state index in [4.69, 9.17) is 4.98 Å². The highest BCUT2D eigenvalue weighted by molar-refractivity contribution is 7.90. The van der Waals surface area contributed by atoms with Gasteiger partial charge in [0.2, 0.25) is 0 Å². The Kier molecular flexibility index (Phi) is 6.96. The molecule has 0 saturated carbocycles. The third kappa shape index (κ3) is 4.95. The monoisotopic (exact) mass is 512 g/mol. The molecular formula is C28H37FN4O2S. The van der Waals surface area contributed by atoms with Crippen molar-refractivity contribution in [1.82, 2.24) is 19.4 Å². The number of halogens is 1. The SMILES string of the molecule is CC(C)N1CCC(N2CCC(c3cc(F)c4c(c3)nc(-c3ccc(S(C)(=O)=O)cc3)n4C)CC2)CC1. The molecule has 0 aliphatic carbocycles. The molecule has 0 radical (unpaired) electrons. The molecule has 0 spiro atoms. The van der Waals surface area contributed by atoms with Crippen molar-refractivity contribution in [2.24, 2.45) is 7.05 Å². The molecule has 8 heteroatoms. The fraction of sp³-hybridized carbons (Fsp3) is 0.536. The van der Waals surface area contributed by atoms with Gasteiger partial charge in [-0.1, -0.05) is 0 Å². The Balaban J connectivity index is 1.31. The highest BCUT2D eigenvalue weighted by atomic mass is 32.2. The van der Waals surface area contributed by atoms with Gasteiger partial charge in [-0.3, -0.25) is 0 Å². The lowest BCUT2D eigenvalue weighted by Crippen LogP contribution is -2.48. The van der Waals surface area contributed by atoms with Crippen LogP contribution in [0.2, 0.25) is 0 Å². The zero-order valence-electron chi connectivity index (χ0n) is 21.7. The molecule has 3 heterocycles. The fourth-order valence-corrected chi connectivity index (χ4v) is 6.66. The first-order valence-corrected chi connectivity index (χ1v) is 15.0. The van der Waals surface area contributed by atoms with Gasteiger partial charge < -0.3 is 14.4 Å². The van der Waals surface area contributed by atoms with Crippen LogP contribution in [0.25, 0.3) is 22.4 Å². The molecule has 0 N–H and O–H groups in total. The van der Waals surface area contributed by atoms with Gasteiger partial charge in [0.05, 0.1) is 10.4 Å². The first-order chi connectivity index (χ1) is 17.1. The van der Waals surface area contributed by atoms with E-state index in [0.717, 1.165) is 37.1 Å². The summed E-state index contributed by atoms with van der Waals surface area (Å²) in [5.74, 6) is 0.721. The minimum atomic E-state index is -3.27. The quantitative estimate of drug-likeness (QED) is 0.490. The molecule has 2 saturated heterocycles. The van der Waals surface area contributed by atoms with Gasteiger partial charge in [-0.15, -0.1) is 0 Å². The summed E-state index contributed by atoms with van der Waals surface area (Å²) in [7, 11) is -1.46. The molecule has 1 aromatic heterocycles. The third-order valence-electron chi connectivity index (χ3n) is 8.23. The third-order valence-corrected chi connectivity index (χ3v) is 9.36. The summed E-state index contributed by atoms with van der Waals surface area (Å²) in [5, 5.41) is 0. The summed E-state index contributed by atoms with van der Waals surface area (Å²) < 4.78 is 40.7. The molecule has 2 aromatic carbocycles. The Morgan fingerprint density at radius 2 is 1.61 bits per heavy atom. The van der Waals surface area contributed by atoms with Crippen molar-refractivity contribution in [2.45, 2.75) is 62.4 Å². The predicted molar refractivity (Wildman–Crippen MR) is 142 cm³/mol. The summed E-state index contributed by atoms with van der Waals surface area (Å²) in [6, 6.07) is 11.7. The van der Waals surface area contributed by atoms with E-state index in [1.807, 2.05) is 6.07 Å². The van der Waals surface area contributed by atoms with Crippen LogP contribution in [0.3, 0.4) is 0 Å².